The molecule has 0 atom stereocenters. The molecule has 0 saturated heterocycles. The molecule has 1 aromatic carbocycles. The molecule has 0 bridgehead atoms. The summed E-state index contributed by atoms with van der Waals surface area (Å²) in [6.07, 6.45) is 1.13. The number of hydrogen-bond acceptors (Lipinski definition) is 3. The third-order valence-electron chi connectivity index (χ3n) is 2.84. The average Bonchev–Trinajstić information content (AvgIpc) is 3.10. The summed E-state index contributed by atoms with van der Waals surface area (Å²) in [5, 5.41) is 11.5. The van der Waals surface area contributed by atoms with E-state index in [0.29, 0.717) is 18.5 Å². The van der Waals surface area contributed by atoms with Crippen molar-refractivity contribution >= 4 is 17.5 Å². The molecule has 0 unspecified atom stereocenters. The largest absolute Gasteiger partial charge is 0.366 e. The number of nitriles is 1. The van der Waals surface area contributed by atoms with E-state index in [4.69, 9.17) is 11.0 Å². The Morgan fingerprint density at radius 1 is 1.35 bits per heavy atom. The average molecular weight is 229 g/mol. The van der Waals surface area contributed by atoms with Crippen molar-refractivity contribution in [2.75, 3.05) is 5.32 Å². The number of hydrogen-bond donors (Lipinski definition) is 2. The first kappa shape index (κ1) is 11.1. The van der Waals surface area contributed by atoms with Crippen LogP contribution in [0, 0.1) is 16.7 Å². The second-order valence-corrected chi connectivity index (χ2v) is 4.06. The summed E-state index contributed by atoms with van der Waals surface area (Å²) in [5.74, 6) is -0.976. The number of benzene rings is 1. The Balaban J connectivity index is 2.23. The zero-order chi connectivity index (χ0) is 12.5. The van der Waals surface area contributed by atoms with E-state index >= 15 is 0 Å². The predicted octanol–water partition coefficient (Wildman–Crippen LogP) is 1.03. The van der Waals surface area contributed by atoms with Crippen LogP contribution in [0.2, 0.25) is 0 Å². The van der Waals surface area contributed by atoms with Gasteiger partial charge in [-0.2, -0.15) is 5.26 Å². The van der Waals surface area contributed by atoms with Crippen LogP contribution in [0.4, 0.5) is 5.69 Å². The molecule has 2 amide bonds. The van der Waals surface area contributed by atoms with E-state index < -0.39 is 11.3 Å². The van der Waals surface area contributed by atoms with Gasteiger partial charge in [-0.25, -0.2) is 0 Å². The number of para-hydroxylation sites is 1. The van der Waals surface area contributed by atoms with E-state index in [0.717, 1.165) is 0 Å². The fourth-order valence-electron chi connectivity index (χ4n) is 1.56. The van der Waals surface area contributed by atoms with Crippen LogP contribution in [0.15, 0.2) is 24.3 Å². The van der Waals surface area contributed by atoms with E-state index in [2.05, 4.69) is 5.32 Å². The Morgan fingerprint density at radius 3 is 2.53 bits per heavy atom. The molecular weight excluding hydrogens is 218 g/mol. The summed E-state index contributed by atoms with van der Waals surface area (Å²) in [4.78, 5) is 23.0. The molecule has 17 heavy (non-hydrogen) atoms. The van der Waals surface area contributed by atoms with Gasteiger partial charge in [-0.15, -0.1) is 0 Å². The van der Waals surface area contributed by atoms with Crippen molar-refractivity contribution in [1.82, 2.24) is 0 Å². The van der Waals surface area contributed by atoms with Gasteiger partial charge < -0.3 is 11.1 Å². The summed E-state index contributed by atoms with van der Waals surface area (Å²) >= 11 is 0. The van der Waals surface area contributed by atoms with Crippen molar-refractivity contribution in [2.24, 2.45) is 11.1 Å². The topological polar surface area (TPSA) is 96.0 Å². The highest BCUT2D eigenvalue weighted by Crippen LogP contribution is 2.45. The summed E-state index contributed by atoms with van der Waals surface area (Å²) < 4.78 is 0. The van der Waals surface area contributed by atoms with Gasteiger partial charge >= 0.3 is 0 Å². The summed E-state index contributed by atoms with van der Waals surface area (Å²) in [6, 6.07) is 8.46. The van der Waals surface area contributed by atoms with Gasteiger partial charge in [0, 0.05) is 0 Å². The molecule has 5 nitrogen and oxygen atoms in total. The monoisotopic (exact) mass is 229 g/mol. The maximum absolute atomic E-state index is 11.8. The SMILES string of the molecule is N#CC1(C(=O)Nc2ccccc2C(N)=O)CC1. The van der Waals surface area contributed by atoms with Gasteiger partial charge in [0.1, 0.15) is 5.41 Å². The molecule has 1 aromatic rings. The van der Waals surface area contributed by atoms with Gasteiger partial charge in [0.15, 0.2) is 0 Å². The second kappa shape index (κ2) is 3.91. The highest BCUT2D eigenvalue weighted by atomic mass is 16.2. The standard InChI is InChI=1S/C12H11N3O2/c13-7-12(5-6-12)11(17)15-9-4-2-1-3-8(9)10(14)16/h1-4H,5-6H2,(H2,14,16)(H,15,17). The van der Waals surface area contributed by atoms with Crippen LogP contribution in [-0.4, -0.2) is 11.8 Å². The van der Waals surface area contributed by atoms with Crippen molar-refractivity contribution in [3.8, 4) is 6.07 Å². The maximum Gasteiger partial charge on any atom is 0.250 e. The summed E-state index contributed by atoms with van der Waals surface area (Å²) in [5.41, 5.74) is 4.88. The molecule has 1 aliphatic carbocycles. The lowest BCUT2D eigenvalue weighted by atomic mass is 10.1. The van der Waals surface area contributed by atoms with Crippen LogP contribution in [0.1, 0.15) is 23.2 Å². The minimum Gasteiger partial charge on any atom is -0.366 e. The van der Waals surface area contributed by atoms with Gasteiger partial charge in [0.2, 0.25) is 5.91 Å². The molecule has 5 heteroatoms. The number of nitrogens with two attached hydrogens (primary N) is 1. The molecule has 0 radical (unpaired) electrons. The molecule has 86 valence electrons. The van der Waals surface area contributed by atoms with E-state index in [1.54, 1.807) is 18.2 Å². The van der Waals surface area contributed by atoms with Crippen molar-refractivity contribution in [3.63, 3.8) is 0 Å². The maximum atomic E-state index is 11.8. The van der Waals surface area contributed by atoms with Crippen LogP contribution >= 0.6 is 0 Å². The number of amides is 2. The summed E-state index contributed by atoms with van der Waals surface area (Å²) in [6.45, 7) is 0. The van der Waals surface area contributed by atoms with Gasteiger partial charge in [-0.05, 0) is 25.0 Å². The lowest BCUT2D eigenvalue weighted by molar-refractivity contribution is -0.119. The number of carbonyl (C=O) groups is 2. The van der Waals surface area contributed by atoms with Gasteiger partial charge in [-0.3, -0.25) is 9.59 Å². The number of primary amides is 1. The highest BCUT2D eigenvalue weighted by molar-refractivity contribution is 6.05. The van der Waals surface area contributed by atoms with Crippen LogP contribution in [0.5, 0.6) is 0 Å². The van der Waals surface area contributed by atoms with Gasteiger partial charge in [-0.1, -0.05) is 12.1 Å². The van der Waals surface area contributed by atoms with Crippen molar-refractivity contribution in [3.05, 3.63) is 29.8 Å². The molecular formula is C12H11N3O2. The Labute approximate surface area is 98.2 Å². The minimum absolute atomic E-state index is 0.245. The molecule has 2 rings (SSSR count). The Kier molecular flexibility index (Phi) is 2.56. The molecule has 3 N–H and O–H groups in total. The third-order valence-corrected chi connectivity index (χ3v) is 2.84. The first-order chi connectivity index (χ1) is 8.09. The molecule has 1 fully saturated rings. The smallest absolute Gasteiger partial charge is 0.250 e. The van der Waals surface area contributed by atoms with Gasteiger partial charge in [0.25, 0.3) is 5.91 Å². The molecule has 0 aliphatic heterocycles. The lowest BCUT2D eigenvalue weighted by Crippen LogP contribution is -2.24. The predicted molar refractivity (Wildman–Crippen MR) is 60.9 cm³/mol. The number of nitrogens with one attached hydrogen (secondary N) is 1. The van der Waals surface area contributed by atoms with E-state index in [9.17, 15) is 9.59 Å². The van der Waals surface area contributed by atoms with Gasteiger partial charge in [0.05, 0.1) is 17.3 Å². The number of carbonyl (C=O) groups excluding carboxylic acids is 2. The van der Waals surface area contributed by atoms with E-state index in [-0.39, 0.29) is 11.5 Å². The number of anilines is 1. The zero-order valence-corrected chi connectivity index (χ0v) is 9.06. The summed E-state index contributed by atoms with van der Waals surface area (Å²) in [7, 11) is 0. The quantitative estimate of drug-likeness (QED) is 0.810. The van der Waals surface area contributed by atoms with Crippen molar-refractivity contribution < 1.29 is 9.59 Å². The molecule has 0 spiro atoms. The molecule has 0 aromatic heterocycles. The molecule has 1 saturated carbocycles. The Bertz CT molecular complexity index is 527. The minimum atomic E-state index is -0.912. The van der Waals surface area contributed by atoms with Crippen molar-refractivity contribution in [1.29, 1.82) is 5.26 Å². The van der Waals surface area contributed by atoms with Crippen LogP contribution < -0.4 is 11.1 Å². The molecule has 0 heterocycles. The van der Waals surface area contributed by atoms with Crippen LogP contribution in [-0.2, 0) is 4.79 Å². The fourth-order valence-corrected chi connectivity index (χ4v) is 1.56. The van der Waals surface area contributed by atoms with Crippen LogP contribution in [0.25, 0.3) is 0 Å². The second-order valence-electron chi connectivity index (χ2n) is 4.06. The third kappa shape index (κ3) is 1.97. The molecule has 1 aliphatic rings. The number of rotatable bonds is 3. The number of nitrogens with zero attached hydrogens (tertiary/aromatic N) is 1. The normalized spacial score (nSPS) is 15.7. The van der Waals surface area contributed by atoms with Crippen molar-refractivity contribution in [2.45, 2.75) is 12.8 Å². The Hall–Kier alpha value is -2.35. The Morgan fingerprint density at radius 2 is 2.00 bits per heavy atom. The first-order valence-electron chi connectivity index (χ1n) is 5.20. The highest BCUT2D eigenvalue weighted by Gasteiger charge is 2.50. The van der Waals surface area contributed by atoms with E-state index in [1.807, 2.05) is 6.07 Å². The van der Waals surface area contributed by atoms with E-state index in [1.165, 1.54) is 6.07 Å². The lowest BCUT2D eigenvalue weighted by Gasteiger charge is -2.10. The fraction of sp³-hybridized carbons (Fsp3) is 0.250. The van der Waals surface area contributed by atoms with Crippen LogP contribution in [0.3, 0.4) is 0 Å². The first-order valence-corrected chi connectivity index (χ1v) is 5.20. The zero-order valence-electron chi connectivity index (χ0n) is 9.06.